The molecule has 3 rings (SSSR count). The lowest BCUT2D eigenvalue weighted by Gasteiger charge is -2.08. The van der Waals surface area contributed by atoms with Gasteiger partial charge in [0.25, 0.3) is 0 Å². The van der Waals surface area contributed by atoms with Crippen LogP contribution in [0.5, 0.6) is 0 Å². The quantitative estimate of drug-likeness (QED) is 0.598. The van der Waals surface area contributed by atoms with Gasteiger partial charge in [-0.15, -0.1) is 11.3 Å². The second-order valence-corrected chi connectivity index (χ2v) is 7.56. The number of benzene rings is 2. The Labute approximate surface area is 163 Å². The fourth-order valence-electron chi connectivity index (χ4n) is 2.30. The van der Waals surface area contributed by atoms with Crippen molar-refractivity contribution in [3.8, 4) is 0 Å². The molecule has 0 saturated heterocycles. The standard InChI is InChI=1S/C19H16BrN3O2S/c1-12-10-13(20)6-7-14(12)22-18(25)11-21-17(24)8-9-19-23-15-4-2-3-5-16(15)26-19/h2-10H,11H2,1H3,(H,21,24)(H,22,25)/b9-8+. The van der Waals surface area contributed by atoms with Crippen LogP contribution in [0.15, 0.2) is 53.0 Å². The van der Waals surface area contributed by atoms with Gasteiger partial charge in [0.05, 0.1) is 16.8 Å². The first-order valence-corrected chi connectivity index (χ1v) is 9.50. The second-order valence-electron chi connectivity index (χ2n) is 5.58. The van der Waals surface area contributed by atoms with E-state index in [1.807, 2.05) is 49.4 Å². The average molecular weight is 430 g/mol. The van der Waals surface area contributed by atoms with Crippen molar-refractivity contribution in [2.45, 2.75) is 6.92 Å². The van der Waals surface area contributed by atoms with E-state index in [1.54, 1.807) is 6.08 Å². The van der Waals surface area contributed by atoms with Crippen LogP contribution >= 0.6 is 27.3 Å². The van der Waals surface area contributed by atoms with Crippen LogP contribution in [0.25, 0.3) is 16.3 Å². The third-order valence-corrected chi connectivity index (χ3v) is 5.07. The molecule has 0 unspecified atom stereocenters. The smallest absolute Gasteiger partial charge is 0.244 e. The van der Waals surface area contributed by atoms with Gasteiger partial charge in [0.15, 0.2) is 0 Å². The first-order chi connectivity index (χ1) is 12.5. The Balaban J connectivity index is 1.52. The first-order valence-electron chi connectivity index (χ1n) is 7.89. The number of amides is 2. The highest BCUT2D eigenvalue weighted by molar-refractivity contribution is 9.10. The predicted molar refractivity (Wildman–Crippen MR) is 109 cm³/mol. The Kier molecular flexibility index (Phi) is 5.80. The van der Waals surface area contributed by atoms with E-state index in [4.69, 9.17) is 0 Å². The van der Waals surface area contributed by atoms with Gasteiger partial charge in [-0.2, -0.15) is 0 Å². The van der Waals surface area contributed by atoms with Gasteiger partial charge in [0.1, 0.15) is 5.01 Å². The molecule has 0 spiro atoms. The van der Waals surface area contributed by atoms with Gasteiger partial charge in [0.2, 0.25) is 11.8 Å². The van der Waals surface area contributed by atoms with Gasteiger partial charge in [-0.1, -0.05) is 28.1 Å². The van der Waals surface area contributed by atoms with Crippen molar-refractivity contribution >= 4 is 61.1 Å². The van der Waals surface area contributed by atoms with Crippen LogP contribution in [0.2, 0.25) is 0 Å². The minimum atomic E-state index is -0.341. The third kappa shape index (κ3) is 4.77. The number of aromatic nitrogens is 1. The van der Waals surface area contributed by atoms with E-state index in [2.05, 4.69) is 31.5 Å². The van der Waals surface area contributed by atoms with E-state index in [0.717, 1.165) is 30.9 Å². The van der Waals surface area contributed by atoms with Crippen molar-refractivity contribution in [2.24, 2.45) is 0 Å². The summed E-state index contributed by atoms with van der Waals surface area (Å²) in [6, 6.07) is 13.4. The number of para-hydroxylation sites is 1. The highest BCUT2D eigenvalue weighted by Gasteiger charge is 2.07. The van der Waals surface area contributed by atoms with Crippen molar-refractivity contribution in [1.29, 1.82) is 0 Å². The number of anilines is 1. The van der Waals surface area contributed by atoms with Gasteiger partial charge in [-0.3, -0.25) is 9.59 Å². The minimum Gasteiger partial charge on any atom is -0.343 e. The lowest BCUT2D eigenvalue weighted by molar-refractivity contribution is -0.121. The van der Waals surface area contributed by atoms with Crippen molar-refractivity contribution < 1.29 is 9.59 Å². The number of rotatable bonds is 5. The molecular formula is C19H16BrN3O2S. The number of hydrogen-bond donors (Lipinski definition) is 2. The molecule has 1 aromatic heterocycles. The van der Waals surface area contributed by atoms with Crippen molar-refractivity contribution in [3.63, 3.8) is 0 Å². The number of thiazole rings is 1. The molecule has 2 aromatic carbocycles. The fourth-order valence-corrected chi connectivity index (χ4v) is 3.64. The number of carbonyl (C=O) groups excluding carboxylic acids is 2. The van der Waals surface area contributed by atoms with Crippen molar-refractivity contribution in [1.82, 2.24) is 10.3 Å². The molecule has 0 aliphatic rings. The number of aryl methyl sites for hydroxylation is 1. The zero-order valence-corrected chi connectivity index (χ0v) is 16.4. The molecule has 3 aromatic rings. The van der Waals surface area contributed by atoms with Gasteiger partial charge in [-0.05, 0) is 48.9 Å². The molecule has 0 aliphatic carbocycles. The maximum Gasteiger partial charge on any atom is 0.244 e. The summed E-state index contributed by atoms with van der Waals surface area (Å²) in [7, 11) is 0. The van der Waals surface area contributed by atoms with Gasteiger partial charge in [-0.25, -0.2) is 4.98 Å². The van der Waals surface area contributed by atoms with Gasteiger partial charge >= 0.3 is 0 Å². The Hall–Kier alpha value is -2.51. The summed E-state index contributed by atoms with van der Waals surface area (Å²) in [5.74, 6) is -0.621. The molecular weight excluding hydrogens is 414 g/mol. The van der Waals surface area contributed by atoms with E-state index in [1.165, 1.54) is 17.4 Å². The molecule has 0 radical (unpaired) electrons. The van der Waals surface area contributed by atoms with E-state index >= 15 is 0 Å². The summed E-state index contributed by atoms with van der Waals surface area (Å²) in [6.45, 7) is 1.80. The third-order valence-electron chi connectivity index (χ3n) is 3.57. The lowest BCUT2D eigenvalue weighted by Crippen LogP contribution is -2.31. The lowest BCUT2D eigenvalue weighted by atomic mass is 10.2. The maximum absolute atomic E-state index is 12.0. The molecule has 2 N–H and O–H groups in total. The summed E-state index contributed by atoms with van der Waals surface area (Å²) in [5, 5.41) is 6.09. The molecule has 0 aliphatic heterocycles. The molecule has 7 heteroatoms. The highest BCUT2D eigenvalue weighted by atomic mass is 79.9. The van der Waals surface area contributed by atoms with Crippen LogP contribution in [-0.4, -0.2) is 23.3 Å². The summed E-state index contributed by atoms with van der Waals surface area (Å²) in [4.78, 5) is 28.3. The monoisotopic (exact) mass is 429 g/mol. The summed E-state index contributed by atoms with van der Waals surface area (Å²) in [5.41, 5.74) is 2.56. The predicted octanol–water partition coefficient (Wildman–Crippen LogP) is 4.14. The number of carbonyl (C=O) groups is 2. The first kappa shape index (κ1) is 18.3. The normalized spacial score (nSPS) is 11.0. The SMILES string of the molecule is Cc1cc(Br)ccc1NC(=O)CNC(=O)/C=C/c1nc2ccccc2s1. The van der Waals surface area contributed by atoms with Gasteiger partial charge in [0, 0.05) is 16.2 Å². The average Bonchev–Trinajstić information content (AvgIpc) is 3.03. The Morgan fingerprint density at radius 1 is 1.23 bits per heavy atom. The molecule has 132 valence electrons. The fraction of sp³-hybridized carbons (Fsp3) is 0.105. The van der Waals surface area contributed by atoms with Crippen molar-refractivity contribution in [2.75, 3.05) is 11.9 Å². The number of hydrogen-bond acceptors (Lipinski definition) is 4. The minimum absolute atomic E-state index is 0.0987. The summed E-state index contributed by atoms with van der Waals surface area (Å²) < 4.78 is 2.01. The zero-order chi connectivity index (χ0) is 18.5. The van der Waals surface area contributed by atoms with Crippen LogP contribution in [0.4, 0.5) is 5.69 Å². The van der Waals surface area contributed by atoms with E-state index in [0.29, 0.717) is 0 Å². The van der Waals surface area contributed by atoms with Crippen LogP contribution in [0.1, 0.15) is 10.6 Å². The van der Waals surface area contributed by atoms with Crippen LogP contribution in [0.3, 0.4) is 0 Å². The molecule has 0 bridgehead atoms. The van der Waals surface area contributed by atoms with E-state index in [-0.39, 0.29) is 18.4 Å². The number of fused-ring (bicyclic) bond motifs is 1. The van der Waals surface area contributed by atoms with E-state index in [9.17, 15) is 9.59 Å². The molecule has 0 fully saturated rings. The number of halogens is 1. The van der Waals surface area contributed by atoms with Crippen LogP contribution < -0.4 is 10.6 Å². The molecule has 5 nitrogen and oxygen atoms in total. The summed E-state index contributed by atoms with van der Waals surface area (Å²) >= 11 is 4.89. The number of nitrogens with zero attached hydrogens (tertiary/aromatic N) is 1. The summed E-state index contributed by atoms with van der Waals surface area (Å²) in [6.07, 6.45) is 3.03. The largest absolute Gasteiger partial charge is 0.343 e. The second kappa shape index (κ2) is 8.25. The molecule has 0 saturated carbocycles. The highest BCUT2D eigenvalue weighted by Crippen LogP contribution is 2.22. The topological polar surface area (TPSA) is 71.1 Å². The molecule has 0 atom stereocenters. The van der Waals surface area contributed by atoms with Gasteiger partial charge < -0.3 is 10.6 Å². The van der Waals surface area contributed by atoms with E-state index < -0.39 is 0 Å². The van der Waals surface area contributed by atoms with Crippen LogP contribution in [0, 0.1) is 6.92 Å². The zero-order valence-electron chi connectivity index (χ0n) is 14.0. The van der Waals surface area contributed by atoms with Crippen LogP contribution in [-0.2, 0) is 9.59 Å². The molecule has 2 amide bonds. The van der Waals surface area contributed by atoms with Crippen molar-refractivity contribution in [3.05, 3.63) is 63.6 Å². The Morgan fingerprint density at radius 2 is 2.04 bits per heavy atom. The maximum atomic E-state index is 12.0. The molecule has 1 heterocycles. The number of nitrogens with one attached hydrogen (secondary N) is 2. The Morgan fingerprint density at radius 3 is 2.81 bits per heavy atom. The molecule has 26 heavy (non-hydrogen) atoms. The Bertz CT molecular complexity index is 964.